The Morgan fingerprint density at radius 1 is 1.30 bits per heavy atom. The molecule has 1 heterocycles. The molecule has 0 saturated carbocycles. The van der Waals surface area contributed by atoms with E-state index in [0.717, 1.165) is 16.1 Å². The van der Waals surface area contributed by atoms with Gasteiger partial charge >= 0.3 is 5.97 Å². The number of benzene rings is 1. The van der Waals surface area contributed by atoms with Gasteiger partial charge in [0.05, 0.1) is 19.2 Å². The van der Waals surface area contributed by atoms with Gasteiger partial charge < -0.3 is 15.4 Å². The highest BCUT2D eigenvalue weighted by atomic mass is 32.1. The van der Waals surface area contributed by atoms with E-state index in [1.165, 1.54) is 23.3 Å². The van der Waals surface area contributed by atoms with E-state index in [2.05, 4.69) is 9.72 Å². The summed E-state index contributed by atoms with van der Waals surface area (Å²) in [5.74, 6) is -0.620. The number of esters is 1. The van der Waals surface area contributed by atoms with Crippen molar-refractivity contribution in [2.45, 2.75) is 13.0 Å². The molecule has 2 N–H and O–H groups in total. The Balaban J connectivity index is 2.01. The summed E-state index contributed by atoms with van der Waals surface area (Å²) >= 11 is 1.48. The molecule has 0 aliphatic heterocycles. The van der Waals surface area contributed by atoms with E-state index >= 15 is 0 Å². The Morgan fingerprint density at radius 2 is 2.00 bits per heavy atom. The van der Waals surface area contributed by atoms with Crippen LogP contribution in [-0.4, -0.2) is 42.5 Å². The van der Waals surface area contributed by atoms with Crippen molar-refractivity contribution in [3.8, 4) is 10.6 Å². The number of thiazole rings is 1. The van der Waals surface area contributed by atoms with Crippen molar-refractivity contribution in [3.05, 3.63) is 40.9 Å². The van der Waals surface area contributed by atoms with Gasteiger partial charge in [0.2, 0.25) is 5.91 Å². The number of carbonyl (C=O) groups excluding carboxylic acids is 2. The largest absolute Gasteiger partial charge is 0.468 e. The molecule has 0 fully saturated rings. The normalized spacial score (nSPS) is 10.4. The summed E-state index contributed by atoms with van der Waals surface area (Å²) in [6.07, 6.45) is 0.158. The van der Waals surface area contributed by atoms with Crippen LogP contribution < -0.4 is 5.73 Å². The Bertz CT molecular complexity index is 682. The minimum Gasteiger partial charge on any atom is -0.468 e. The lowest BCUT2D eigenvalue weighted by atomic mass is 10.1. The summed E-state index contributed by atoms with van der Waals surface area (Å²) in [7, 11) is 2.86. The fraction of sp³-hybridized carbons (Fsp3) is 0.312. The summed E-state index contributed by atoms with van der Waals surface area (Å²) in [5, 5.41) is 2.71. The summed E-state index contributed by atoms with van der Waals surface area (Å²) in [5.41, 5.74) is 8.33. The van der Waals surface area contributed by atoms with Gasteiger partial charge in [0.1, 0.15) is 11.6 Å². The molecule has 122 valence electrons. The summed E-state index contributed by atoms with van der Waals surface area (Å²) in [6.45, 7) is 0.442. The van der Waals surface area contributed by atoms with E-state index in [-0.39, 0.29) is 18.9 Å². The predicted octanol–water partition coefficient (Wildman–Crippen LogP) is 1.44. The molecule has 0 saturated heterocycles. The Hall–Kier alpha value is -2.25. The topological polar surface area (TPSA) is 85.5 Å². The molecule has 7 heteroatoms. The van der Waals surface area contributed by atoms with Gasteiger partial charge in [-0.25, -0.2) is 4.98 Å². The van der Waals surface area contributed by atoms with Crippen LogP contribution in [0.25, 0.3) is 10.6 Å². The minimum absolute atomic E-state index is 0.0626. The molecular formula is C16H19N3O3S. The van der Waals surface area contributed by atoms with Gasteiger partial charge in [0.15, 0.2) is 0 Å². The van der Waals surface area contributed by atoms with Gasteiger partial charge in [-0.3, -0.25) is 9.59 Å². The van der Waals surface area contributed by atoms with Crippen molar-refractivity contribution in [2.75, 3.05) is 20.7 Å². The lowest BCUT2D eigenvalue weighted by Gasteiger charge is -2.14. The number of hydrogen-bond acceptors (Lipinski definition) is 6. The second-order valence-corrected chi connectivity index (χ2v) is 5.91. The van der Waals surface area contributed by atoms with Crippen molar-refractivity contribution in [1.29, 1.82) is 0 Å². The standard InChI is InChI=1S/C16H19N3O3S/c1-19(9-15(21)22-2)14(20)7-13-10-23-16(18-13)12-5-3-11(8-17)4-6-12/h3-6,10H,7-9,17H2,1-2H3. The molecule has 0 spiro atoms. The first-order valence-corrected chi connectivity index (χ1v) is 7.96. The summed E-state index contributed by atoms with van der Waals surface area (Å²) in [6, 6.07) is 7.86. The monoisotopic (exact) mass is 333 g/mol. The van der Waals surface area contributed by atoms with Gasteiger partial charge in [-0.05, 0) is 5.56 Å². The fourth-order valence-corrected chi connectivity index (χ4v) is 2.77. The highest BCUT2D eigenvalue weighted by Crippen LogP contribution is 2.24. The number of carbonyl (C=O) groups is 2. The number of ether oxygens (including phenoxy) is 1. The number of amides is 1. The highest BCUT2D eigenvalue weighted by Gasteiger charge is 2.15. The van der Waals surface area contributed by atoms with Crippen LogP contribution >= 0.6 is 11.3 Å². The predicted molar refractivity (Wildman–Crippen MR) is 88.8 cm³/mol. The number of likely N-dealkylation sites (N-methyl/N-ethyl adjacent to an activating group) is 1. The van der Waals surface area contributed by atoms with E-state index in [1.54, 1.807) is 7.05 Å². The molecule has 0 unspecified atom stereocenters. The van der Waals surface area contributed by atoms with Crippen molar-refractivity contribution in [3.63, 3.8) is 0 Å². The second-order valence-electron chi connectivity index (χ2n) is 5.05. The van der Waals surface area contributed by atoms with Crippen LogP contribution in [0.1, 0.15) is 11.3 Å². The molecule has 0 aliphatic carbocycles. The molecular weight excluding hydrogens is 314 g/mol. The quantitative estimate of drug-likeness (QED) is 0.809. The maximum absolute atomic E-state index is 12.1. The molecule has 23 heavy (non-hydrogen) atoms. The van der Waals surface area contributed by atoms with E-state index in [1.807, 2.05) is 29.6 Å². The third-order valence-corrected chi connectivity index (χ3v) is 4.28. The van der Waals surface area contributed by atoms with E-state index in [0.29, 0.717) is 12.2 Å². The van der Waals surface area contributed by atoms with Gasteiger partial charge in [0, 0.05) is 24.5 Å². The first-order chi connectivity index (χ1) is 11.0. The molecule has 0 aliphatic rings. The lowest BCUT2D eigenvalue weighted by Crippen LogP contribution is -2.33. The maximum Gasteiger partial charge on any atom is 0.325 e. The second kappa shape index (κ2) is 7.85. The number of rotatable bonds is 6. The van der Waals surface area contributed by atoms with Crippen molar-refractivity contribution < 1.29 is 14.3 Å². The number of hydrogen-bond donors (Lipinski definition) is 1. The molecule has 0 radical (unpaired) electrons. The van der Waals surface area contributed by atoms with Gasteiger partial charge in [-0.15, -0.1) is 11.3 Å². The Kier molecular flexibility index (Phi) is 5.84. The van der Waals surface area contributed by atoms with Crippen LogP contribution in [-0.2, 0) is 27.3 Å². The first kappa shape index (κ1) is 17.1. The SMILES string of the molecule is COC(=O)CN(C)C(=O)Cc1csc(-c2ccc(CN)cc2)n1. The fourth-order valence-electron chi connectivity index (χ4n) is 1.94. The van der Waals surface area contributed by atoms with Crippen LogP contribution in [0.5, 0.6) is 0 Å². The lowest BCUT2D eigenvalue weighted by molar-refractivity contribution is -0.145. The molecule has 1 amide bonds. The molecule has 1 aromatic carbocycles. The number of nitrogens with two attached hydrogens (primary N) is 1. The van der Waals surface area contributed by atoms with E-state index < -0.39 is 5.97 Å². The van der Waals surface area contributed by atoms with E-state index in [9.17, 15) is 9.59 Å². The molecule has 2 aromatic rings. The minimum atomic E-state index is -0.445. The van der Waals surface area contributed by atoms with Crippen LogP contribution in [0.3, 0.4) is 0 Å². The third-order valence-electron chi connectivity index (χ3n) is 3.34. The van der Waals surface area contributed by atoms with Gasteiger partial charge in [-0.1, -0.05) is 24.3 Å². The zero-order chi connectivity index (χ0) is 16.8. The maximum atomic E-state index is 12.1. The number of methoxy groups -OCH3 is 1. The number of aromatic nitrogens is 1. The van der Waals surface area contributed by atoms with Crippen molar-refractivity contribution in [1.82, 2.24) is 9.88 Å². The van der Waals surface area contributed by atoms with E-state index in [4.69, 9.17) is 5.73 Å². The summed E-state index contributed by atoms with van der Waals surface area (Å²) in [4.78, 5) is 29.1. The molecule has 1 aromatic heterocycles. The smallest absolute Gasteiger partial charge is 0.325 e. The molecule has 0 atom stereocenters. The van der Waals surface area contributed by atoms with Crippen molar-refractivity contribution in [2.24, 2.45) is 5.73 Å². The van der Waals surface area contributed by atoms with Gasteiger partial charge in [0.25, 0.3) is 0 Å². The molecule has 2 rings (SSSR count). The average molecular weight is 333 g/mol. The first-order valence-electron chi connectivity index (χ1n) is 7.08. The summed E-state index contributed by atoms with van der Waals surface area (Å²) < 4.78 is 4.55. The zero-order valence-electron chi connectivity index (χ0n) is 13.1. The number of nitrogens with zero attached hydrogens (tertiary/aromatic N) is 2. The third kappa shape index (κ3) is 4.61. The zero-order valence-corrected chi connectivity index (χ0v) is 13.9. The van der Waals surface area contributed by atoms with Gasteiger partial charge in [-0.2, -0.15) is 0 Å². The molecule has 0 bridgehead atoms. The van der Waals surface area contributed by atoms with Crippen molar-refractivity contribution >= 4 is 23.2 Å². The highest BCUT2D eigenvalue weighted by molar-refractivity contribution is 7.13. The Labute approximate surface area is 138 Å². The van der Waals surface area contributed by atoms with Crippen LogP contribution in [0.15, 0.2) is 29.6 Å². The Morgan fingerprint density at radius 3 is 2.61 bits per heavy atom. The van der Waals surface area contributed by atoms with Crippen LogP contribution in [0.2, 0.25) is 0 Å². The van der Waals surface area contributed by atoms with Crippen LogP contribution in [0, 0.1) is 0 Å². The van der Waals surface area contributed by atoms with Crippen LogP contribution in [0.4, 0.5) is 0 Å². The molecule has 6 nitrogen and oxygen atoms in total. The average Bonchev–Trinajstić information content (AvgIpc) is 3.03.